The lowest BCUT2D eigenvalue weighted by Crippen LogP contribution is -2.11. The smallest absolute Gasteiger partial charge is 0.338 e. The molecule has 0 radical (unpaired) electrons. The molecule has 0 aromatic heterocycles. The molecule has 0 heterocycles. The molecule has 36 heavy (non-hydrogen) atoms. The second kappa shape index (κ2) is 16.1. The Labute approximate surface area is 212 Å². The Morgan fingerprint density at radius 1 is 0.556 bits per heavy atom. The first-order valence-corrected chi connectivity index (χ1v) is 12.6. The summed E-state index contributed by atoms with van der Waals surface area (Å²) in [5.74, 6) is -0.854. The first-order chi connectivity index (χ1) is 17.4. The van der Waals surface area contributed by atoms with Crippen molar-refractivity contribution in [1.29, 1.82) is 0 Å². The Bertz CT molecular complexity index is 905. The summed E-state index contributed by atoms with van der Waals surface area (Å²) in [6.45, 7) is 4.15. The third-order valence-electron chi connectivity index (χ3n) is 5.42. The number of unbranched alkanes of at least 4 members (excludes halogenated alkanes) is 5. The van der Waals surface area contributed by atoms with E-state index in [4.69, 9.17) is 9.47 Å². The molecule has 0 atom stereocenters. The van der Waals surface area contributed by atoms with E-state index >= 15 is 0 Å². The van der Waals surface area contributed by atoms with Gasteiger partial charge in [0, 0.05) is 24.2 Å². The van der Waals surface area contributed by atoms with Crippen LogP contribution in [-0.4, -0.2) is 37.0 Å². The molecule has 2 N–H and O–H groups in total. The fraction of sp³-hybridized carbons (Fsp3) is 0.429. The highest BCUT2D eigenvalue weighted by Gasteiger charge is 2.09. The van der Waals surface area contributed by atoms with E-state index < -0.39 is 0 Å². The summed E-state index contributed by atoms with van der Waals surface area (Å²) in [7, 11) is 0. The van der Waals surface area contributed by atoms with Crippen molar-refractivity contribution in [2.24, 2.45) is 0 Å². The lowest BCUT2D eigenvalue weighted by Gasteiger charge is -2.07. The van der Waals surface area contributed by atoms with E-state index in [2.05, 4.69) is 10.6 Å². The molecule has 0 unspecified atom stereocenters. The predicted octanol–water partition coefficient (Wildman–Crippen LogP) is 5.74. The minimum atomic E-state index is -0.377. The lowest BCUT2D eigenvalue weighted by molar-refractivity contribution is -0.117. The number of benzene rings is 2. The number of rotatable bonds is 15. The monoisotopic (exact) mass is 496 g/mol. The SMILES string of the molecule is CCOC(=O)c1ccc(NC(=O)CCCCCCCCC(=O)Nc2ccc(C(=O)OCC)cc2)cc1. The van der Waals surface area contributed by atoms with E-state index in [0.717, 1.165) is 38.5 Å². The van der Waals surface area contributed by atoms with E-state index in [0.29, 0.717) is 48.6 Å². The van der Waals surface area contributed by atoms with Gasteiger partial charge in [0.2, 0.25) is 11.8 Å². The quantitative estimate of drug-likeness (QED) is 0.240. The first kappa shape index (κ1) is 28.6. The van der Waals surface area contributed by atoms with Gasteiger partial charge in [-0.15, -0.1) is 0 Å². The number of hydrogen-bond donors (Lipinski definition) is 2. The summed E-state index contributed by atoms with van der Waals surface area (Å²) in [5, 5.41) is 5.68. The van der Waals surface area contributed by atoms with Crippen molar-refractivity contribution in [3.63, 3.8) is 0 Å². The van der Waals surface area contributed by atoms with Crippen molar-refractivity contribution in [2.75, 3.05) is 23.8 Å². The largest absolute Gasteiger partial charge is 0.462 e. The molecule has 0 aliphatic heterocycles. The van der Waals surface area contributed by atoms with Crippen LogP contribution in [0.2, 0.25) is 0 Å². The summed E-state index contributed by atoms with van der Waals surface area (Å²) in [4.78, 5) is 47.5. The molecule has 0 bridgehead atoms. The van der Waals surface area contributed by atoms with Crippen LogP contribution in [0.5, 0.6) is 0 Å². The van der Waals surface area contributed by atoms with Gasteiger partial charge < -0.3 is 20.1 Å². The van der Waals surface area contributed by atoms with Gasteiger partial charge in [-0.2, -0.15) is 0 Å². The van der Waals surface area contributed by atoms with E-state index in [1.165, 1.54) is 0 Å². The van der Waals surface area contributed by atoms with Gasteiger partial charge in [0.1, 0.15) is 0 Å². The van der Waals surface area contributed by atoms with Crippen LogP contribution in [0.1, 0.15) is 85.9 Å². The fourth-order valence-electron chi connectivity index (χ4n) is 3.53. The van der Waals surface area contributed by atoms with Gasteiger partial charge >= 0.3 is 11.9 Å². The van der Waals surface area contributed by atoms with E-state index in [-0.39, 0.29) is 23.8 Å². The van der Waals surface area contributed by atoms with Crippen molar-refractivity contribution in [2.45, 2.75) is 65.2 Å². The molecule has 8 heteroatoms. The molecule has 0 aliphatic carbocycles. The predicted molar refractivity (Wildman–Crippen MR) is 139 cm³/mol. The van der Waals surface area contributed by atoms with Crippen LogP contribution < -0.4 is 10.6 Å². The third kappa shape index (κ3) is 10.7. The van der Waals surface area contributed by atoms with Crippen LogP contribution in [0.15, 0.2) is 48.5 Å². The Hall–Kier alpha value is -3.68. The van der Waals surface area contributed by atoms with E-state index in [1.807, 2.05) is 0 Å². The molecule has 0 saturated heterocycles. The molecule has 2 amide bonds. The van der Waals surface area contributed by atoms with Crippen LogP contribution in [0, 0.1) is 0 Å². The topological polar surface area (TPSA) is 111 Å². The number of anilines is 2. The summed E-state index contributed by atoms with van der Waals surface area (Å²) in [5.41, 5.74) is 2.22. The highest BCUT2D eigenvalue weighted by atomic mass is 16.5. The van der Waals surface area contributed by atoms with E-state index in [9.17, 15) is 19.2 Å². The highest BCUT2D eigenvalue weighted by molar-refractivity contribution is 5.94. The average Bonchev–Trinajstić information content (AvgIpc) is 2.86. The summed E-state index contributed by atoms with van der Waals surface area (Å²) >= 11 is 0. The maximum absolute atomic E-state index is 12.1. The number of carbonyl (C=O) groups excluding carboxylic acids is 4. The number of amides is 2. The minimum Gasteiger partial charge on any atom is -0.462 e. The molecule has 0 saturated carbocycles. The van der Waals surface area contributed by atoms with Gasteiger partial charge in [-0.25, -0.2) is 9.59 Å². The fourth-order valence-corrected chi connectivity index (χ4v) is 3.53. The summed E-state index contributed by atoms with van der Waals surface area (Å²) < 4.78 is 9.89. The second-order valence-electron chi connectivity index (χ2n) is 8.31. The minimum absolute atomic E-state index is 0.0501. The molecular weight excluding hydrogens is 460 g/mol. The Kier molecular flexibility index (Phi) is 12.8. The van der Waals surface area contributed by atoms with E-state index in [1.54, 1.807) is 62.4 Å². The Balaban J connectivity index is 1.51. The summed E-state index contributed by atoms with van der Waals surface area (Å²) in [6.07, 6.45) is 6.41. The van der Waals surface area contributed by atoms with Gasteiger partial charge in [-0.3, -0.25) is 9.59 Å². The highest BCUT2D eigenvalue weighted by Crippen LogP contribution is 2.14. The van der Waals surface area contributed by atoms with Crippen LogP contribution in [0.3, 0.4) is 0 Å². The zero-order valence-electron chi connectivity index (χ0n) is 21.1. The maximum Gasteiger partial charge on any atom is 0.338 e. The molecule has 2 rings (SSSR count). The molecular formula is C28H36N2O6. The van der Waals surface area contributed by atoms with Gasteiger partial charge in [-0.1, -0.05) is 25.7 Å². The van der Waals surface area contributed by atoms with Crippen molar-refractivity contribution in [3.05, 3.63) is 59.7 Å². The second-order valence-corrected chi connectivity index (χ2v) is 8.31. The maximum atomic E-state index is 12.1. The van der Waals surface area contributed by atoms with Crippen LogP contribution in [0.25, 0.3) is 0 Å². The Morgan fingerprint density at radius 3 is 1.22 bits per heavy atom. The first-order valence-electron chi connectivity index (χ1n) is 12.6. The molecule has 2 aromatic rings. The number of hydrogen-bond acceptors (Lipinski definition) is 6. The molecule has 194 valence electrons. The standard InChI is InChI=1S/C28H36N2O6/c1-3-35-27(33)21-13-17-23(18-14-21)29-25(31)11-9-7-5-6-8-10-12-26(32)30-24-19-15-22(16-20-24)28(34)36-4-2/h13-20H,3-12H2,1-2H3,(H,29,31)(H,30,32). The summed E-state index contributed by atoms with van der Waals surface area (Å²) in [6, 6.07) is 13.3. The number of ether oxygens (including phenoxy) is 2. The number of esters is 2. The van der Waals surface area contributed by atoms with Crippen molar-refractivity contribution >= 4 is 35.1 Å². The molecule has 2 aromatic carbocycles. The number of nitrogens with one attached hydrogen (secondary N) is 2. The molecule has 0 aliphatic rings. The molecule has 0 spiro atoms. The van der Waals surface area contributed by atoms with Gasteiger partial charge in [0.05, 0.1) is 24.3 Å². The lowest BCUT2D eigenvalue weighted by atomic mass is 10.1. The van der Waals surface area contributed by atoms with Gasteiger partial charge in [0.25, 0.3) is 0 Å². The third-order valence-corrected chi connectivity index (χ3v) is 5.42. The molecule has 8 nitrogen and oxygen atoms in total. The van der Waals surface area contributed by atoms with Crippen LogP contribution >= 0.6 is 0 Å². The Morgan fingerprint density at radius 2 is 0.889 bits per heavy atom. The average molecular weight is 497 g/mol. The normalized spacial score (nSPS) is 10.4. The van der Waals surface area contributed by atoms with Gasteiger partial charge in [-0.05, 0) is 75.2 Å². The van der Waals surface area contributed by atoms with Crippen molar-refractivity contribution in [3.8, 4) is 0 Å². The zero-order valence-corrected chi connectivity index (χ0v) is 21.1. The van der Waals surface area contributed by atoms with Crippen LogP contribution in [-0.2, 0) is 19.1 Å². The zero-order chi connectivity index (χ0) is 26.2. The van der Waals surface area contributed by atoms with Crippen molar-refractivity contribution in [1.82, 2.24) is 0 Å². The van der Waals surface area contributed by atoms with Gasteiger partial charge in [0.15, 0.2) is 0 Å². The van der Waals surface area contributed by atoms with Crippen molar-refractivity contribution < 1.29 is 28.7 Å². The number of carbonyl (C=O) groups is 4. The van der Waals surface area contributed by atoms with Crippen LogP contribution in [0.4, 0.5) is 11.4 Å². The molecule has 0 fully saturated rings.